The van der Waals surface area contributed by atoms with Crippen molar-refractivity contribution >= 4 is 34.5 Å². The van der Waals surface area contributed by atoms with Gasteiger partial charge in [0.25, 0.3) is 5.69 Å². The van der Waals surface area contributed by atoms with Crippen LogP contribution >= 0.6 is 0 Å². The number of nitriles is 2. The van der Waals surface area contributed by atoms with Gasteiger partial charge < -0.3 is 20.6 Å². The van der Waals surface area contributed by atoms with Gasteiger partial charge in [0.05, 0.1) is 23.6 Å². The first kappa shape index (κ1) is 25.0. The molecule has 0 radical (unpaired) electrons. The molecule has 188 valence electrons. The zero-order valence-corrected chi connectivity index (χ0v) is 20.2. The lowest BCUT2D eigenvalue weighted by molar-refractivity contribution is -0.384. The van der Waals surface area contributed by atoms with E-state index in [1.165, 1.54) is 10.7 Å². The molecular formula is C25H30N8O3. The van der Waals surface area contributed by atoms with Crippen LogP contribution in [0.2, 0.25) is 0 Å². The summed E-state index contributed by atoms with van der Waals surface area (Å²) in [5.41, 5.74) is 8.19. The first-order valence-corrected chi connectivity index (χ1v) is 12.3. The second-order valence-electron chi connectivity index (χ2n) is 9.09. The normalized spacial score (nSPS) is 16.5. The second-order valence-corrected chi connectivity index (χ2v) is 9.09. The van der Waals surface area contributed by atoms with Crippen LogP contribution in [-0.2, 0) is 6.54 Å². The number of hydrogen-bond acceptors (Lipinski definition) is 9. The number of aromatic nitrogens is 2. The fourth-order valence-electron chi connectivity index (χ4n) is 4.99. The predicted molar refractivity (Wildman–Crippen MR) is 137 cm³/mol. The molecule has 2 aliphatic rings. The lowest BCUT2D eigenvalue weighted by Crippen LogP contribution is -2.32. The number of allylic oxidation sites excluding steroid dienone is 1. The van der Waals surface area contributed by atoms with Crippen molar-refractivity contribution in [2.24, 2.45) is 0 Å². The summed E-state index contributed by atoms with van der Waals surface area (Å²) in [7, 11) is 0. The molecule has 2 fully saturated rings. The van der Waals surface area contributed by atoms with Gasteiger partial charge in [0.15, 0.2) is 0 Å². The van der Waals surface area contributed by atoms with E-state index in [0.29, 0.717) is 11.3 Å². The van der Waals surface area contributed by atoms with Crippen LogP contribution < -0.4 is 15.5 Å². The van der Waals surface area contributed by atoms with E-state index in [-0.39, 0.29) is 46.4 Å². The molecule has 1 aromatic carbocycles. The van der Waals surface area contributed by atoms with E-state index >= 15 is 0 Å². The van der Waals surface area contributed by atoms with Crippen molar-refractivity contribution < 1.29 is 10.0 Å². The van der Waals surface area contributed by atoms with Gasteiger partial charge in [0, 0.05) is 43.5 Å². The van der Waals surface area contributed by atoms with Crippen molar-refractivity contribution in [1.82, 2.24) is 9.78 Å². The third-order valence-corrected chi connectivity index (χ3v) is 6.80. The Morgan fingerprint density at radius 2 is 1.69 bits per heavy atom. The van der Waals surface area contributed by atoms with E-state index in [1.54, 1.807) is 6.08 Å². The minimum absolute atomic E-state index is 0.00738. The number of nitrogens with two attached hydrogens (primary N) is 1. The molecule has 0 amide bonds. The fraction of sp³-hybridized carbons (Fsp3) is 0.480. The van der Waals surface area contributed by atoms with Crippen molar-refractivity contribution in [2.45, 2.75) is 45.1 Å². The van der Waals surface area contributed by atoms with Crippen LogP contribution in [0.5, 0.6) is 0 Å². The monoisotopic (exact) mass is 490 g/mol. The highest BCUT2D eigenvalue weighted by Gasteiger charge is 2.27. The number of aliphatic hydroxyl groups is 1. The number of nitrogens with zero attached hydrogens (tertiary/aromatic N) is 7. The van der Waals surface area contributed by atoms with E-state index in [4.69, 9.17) is 5.73 Å². The first-order valence-electron chi connectivity index (χ1n) is 12.3. The lowest BCUT2D eigenvalue weighted by atomic mass is 10.00. The van der Waals surface area contributed by atoms with E-state index in [0.717, 1.165) is 70.4 Å². The molecule has 0 spiro atoms. The Balaban J connectivity index is 1.89. The van der Waals surface area contributed by atoms with E-state index < -0.39 is 0 Å². The Hall–Kier alpha value is -4.09. The smallest absolute Gasteiger partial charge is 0.293 e. The van der Waals surface area contributed by atoms with Crippen molar-refractivity contribution in [3.8, 4) is 12.1 Å². The Bertz CT molecular complexity index is 1240. The molecule has 3 heterocycles. The summed E-state index contributed by atoms with van der Waals surface area (Å²) in [5, 5.41) is 45.4. The van der Waals surface area contributed by atoms with Gasteiger partial charge in [-0.2, -0.15) is 15.6 Å². The molecule has 11 heteroatoms. The van der Waals surface area contributed by atoms with Crippen molar-refractivity contribution in [2.75, 3.05) is 48.3 Å². The predicted octanol–water partition coefficient (Wildman–Crippen LogP) is 3.28. The van der Waals surface area contributed by atoms with Gasteiger partial charge >= 0.3 is 0 Å². The summed E-state index contributed by atoms with van der Waals surface area (Å²) >= 11 is 0. The quantitative estimate of drug-likeness (QED) is 0.337. The summed E-state index contributed by atoms with van der Waals surface area (Å²) in [5.74, 6) is 0.0605. The maximum atomic E-state index is 12.1. The molecule has 36 heavy (non-hydrogen) atoms. The zero-order chi connectivity index (χ0) is 25.7. The van der Waals surface area contributed by atoms with Crippen LogP contribution in [0, 0.1) is 32.8 Å². The fourth-order valence-corrected chi connectivity index (χ4v) is 4.99. The third kappa shape index (κ3) is 4.97. The maximum Gasteiger partial charge on any atom is 0.293 e. The number of rotatable bonds is 7. The van der Waals surface area contributed by atoms with Crippen LogP contribution in [0.25, 0.3) is 11.6 Å². The summed E-state index contributed by atoms with van der Waals surface area (Å²) in [6.45, 7) is 3.03. The number of benzene rings is 1. The van der Waals surface area contributed by atoms with Crippen LogP contribution in [0.3, 0.4) is 0 Å². The number of nitro benzene ring substituents is 1. The largest absolute Gasteiger partial charge is 0.394 e. The molecule has 0 aliphatic carbocycles. The van der Waals surface area contributed by atoms with Gasteiger partial charge in [-0.15, -0.1) is 0 Å². The van der Waals surface area contributed by atoms with Crippen LogP contribution in [0.15, 0.2) is 12.1 Å². The summed E-state index contributed by atoms with van der Waals surface area (Å²) in [6, 6.07) is 7.52. The Labute approximate surface area is 209 Å². The van der Waals surface area contributed by atoms with Gasteiger partial charge in [-0.3, -0.25) is 10.1 Å². The van der Waals surface area contributed by atoms with Crippen LogP contribution in [0.1, 0.15) is 55.3 Å². The van der Waals surface area contributed by atoms with Gasteiger partial charge in [-0.1, -0.05) is 0 Å². The summed E-state index contributed by atoms with van der Waals surface area (Å²) in [6.07, 6.45) is 7.82. The third-order valence-electron chi connectivity index (χ3n) is 6.80. The highest BCUT2D eigenvalue weighted by atomic mass is 16.6. The second kappa shape index (κ2) is 11.1. The highest BCUT2D eigenvalue weighted by molar-refractivity contribution is 5.95. The number of anilines is 3. The Morgan fingerprint density at radius 3 is 2.22 bits per heavy atom. The van der Waals surface area contributed by atoms with E-state index in [9.17, 15) is 25.7 Å². The molecule has 1 aromatic heterocycles. The molecule has 0 saturated carbocycles. The Morgan fingerprint density at radius 1 is 1.08 bits per heavy atom. The molecular weight excluding hydrogens is 460 g/mol. The van der Waals surface area contributed by atoms with Crippen LogP contribution in [-0.4, -0.2) is 52.6 Å². The van der Waals surface area contributed by atoms with Gasteiger partial charge in [0.2, 0.25) is 0 Å². The summed E-state index contributed by atoms with van der Waals surface area (Å²) < 4.78 is 1.28. The van der Waals surface area contributed by atoms with E-state index in [1.807, 2.05) is 12.1 Å². The SMILES string of the molecule is N#C/C(=C\c1cc([N+](=O)[O-])c(N2CCCCC2)cc1N1CCCCC1)c1nn(CCO)c(N)c1C#N. The average molecular weight is 491 g/mol. The maximum absolute atomic E-state index is 12.1. The molecule has 0 unspecified atom stereocenters. The topological polar surface area (TPSA) is 161 Å². The standard InChI is InChI=1S/C25H30N8O3/c26-16-19(24-20(17-27)25(28)32(29-24)11-12-34)13-18-14-23(33(35)36)22(31-9-5-2-6-10-31)15-21(18)30-7-3-1-4-8-30/h13-15,34H,1-12,28H2/b19-13+. The highest BCUT2D eigenvalue weighted by Crippen LogP contribution is 2.39. The van der Waals surface area contributed by atoms with E-state index in [2.05, 4.69) is 21.0 Å². The van der Waals surface area contributed by atoms with Gasteiger partial charge in [-0.05, 0) is 50.7 Å². The average Bonchev–Trinajstić information content (AvgIpc) is 3.22. The number of hydrogen-bond donors (Lipinski definition) is 2. The number of nitro groups is 1. The molecule has 2 saturated heterocycles. The lowest BCUT2D eigenvalue weighted by Gasteiger charge is -2.33. The number of piperidine rings is 2. The molecule has 11 nitrogen and oxygen atoms in total. The summed E-state index contributed by atoms with van der Waals surface area (Å²) in [4.78, 5) is 16.1. The Kier molecular flexibility index (Phi) is 7.71. The molecule has 2 aromatic rings. The van der Waals surface area contributed by atoms with Crippen molar-refractivity contribution in [3.05, 3.63) is 39.1 Å². The minimum atomic E-state index is -0.373. The zero-order valence-electron chi connectivity index (χ0n) is 20.2. The molecule has 4 rings (SSSR count). The minimum Gasteiger partial charge on any atom is -0.394 e. The first-order chi connectivity index (χ1) is 17.5. The van der Waals surface area contributed by atoms with Gasteiger partial charge in [0.1, 0.15) is 34.9 Å². The van der Waals surface area contributed by atoms with Crippen molar-refractivity contribution in [3.63, 3.8) is 0 Å². The van der Waals surface area contributed by atoms with Crippen molar-refractivity contribution in [1.29, 1.82) is 10.5 Å². The molecule has 2 aliphatic heterocycles. The number of aliphatic hydroxyl groups excluding tert-OH is 1. The number of nitrogen functional groups attached to an aromatic ring is 1. The van der Waals surface area contributed by atoms with Gasteiger partial charge in [-0.25, -0.2) is 4.68 Å². The van der Waals surface area contributed by atoms with Crippen LogP contribution in [0.4, 0.5) is 22.9 Å². The molecule has 0 bridgehead atoms. The molecule has 0 atom stereocenters. The molecule has 3 N–H and O–H groups in total.